The van der Waals surface area contributed by atoms with E-state index in [1.807, 2.05) is 19.1 Å². The number of aromatic amines is 1. The fourth-order valence-corrected chi connectivity index (χ4v) is 4.05. The summed E-state index contributed by atoms with van der Waals surface area (Å²) in [5.74, 6) is -0.156. The molecule has 3 rings (SSSR count). The van der Waals surface area contributed by atoms with Gasteiger partial charge < -0.3 is 20.4 Å². The third kappa shape index (κ3) is 4.45. The molecule has 3 aromatic rings. The summed E-state index contributed by atoms with van der Waals surface area (Å²) in [6, 6.07) is 6.94. The predicted molar refractivity (Wildman–Crippen MR) is 114 cm³/mol. The molecular formula is C20H22N4O4S. The van der Waals surface area contributed by atoms with Gasteiger partial charge in [0.25, 0.3) is 5.56 Å². The van der Waals surface area contributed by atoms with Crippen LogP contribution in [0.5, 0.6) is 0 Å². The van der Waals surface area contributed by atoms with Crippen molar-refractivity contribution in [2.24, 2.45) is 0 Å². The van der Waals surface area contributed by atoms with Crippen LogP contribution in [0, 0.1) is 6.92 Å². The second kappa shape index (κ2) is 8.44. The van der Waals surface area contributed by atoms with Crippen molar-refractivity contribution in [2.75, 3.05) is 17.2 Å². The van der Waals surface area contributed by atoms with Crippen LogP contribution in [0.3, 0.4) is 0 Å². The largest absolute Gasteiger partial charge is 0.462 e. The second-order valence-electron chi connectivity index (χ2n) is 6.54. The van der Waals surface area contributed by atoms with Gasteiger partial charge in [-0.3, -0.25) is 9.59 Å². The number of thiophene rings is 1. The number of ether oxygens (including phenoxy) is 1. The van der Waals surface area contributed by atoms with Gasteiger partial charge in [0, 0.05) is 18.3 Å². The van der Waals surface area contributed by atoms with Crippen LogP contribution in [-0.4, -0.2) is 28.5 Å². The lowest BCUT2D eigenvalue weighted by molar-refractivity contribution is -0.114. The Balaban J connectivity index is 1.91. The van der Waals surface area contributed by atoms with Crippen LogP contribution < -0.4 is 16.2 Å². The van der Waals surface area contributed by atoms with E-state index in [1.165, 1.54) is 6.92 Å². The summed E-state index contributed by atoms with van der Waals surface area (Å²) in [7, 11) is 0. The minimum atomic E-state index is -0.449. The second-order valence-corrected chi connectivity index (χ2v) is 7.54. The number of rotatable bonds is 6. The molecule has 3 N–H and O–H groups in total. The minimum absolute atomic E-state index is 0.155. The number of anilines is 2. The van der Waals surface area contributed by atoms with E-state index >= 15 is 0 Å². The van der Waals surface area contributed by atoms with Crippen molar-refractivity contribution in [1.29, 1.82) is 0 Å². The molecule has 0 saturated heterocycles. The molecule has 0 bridgehead atoms. The van der Waals surface area contributed by atoms with E-state index in [4.69, 9.17) is 4.74 Å². The highest BCUT2D eigenvalue weighted by molar-refractivity contribution is 7.20. The molecule has 8 nitrogen and oxygen atoms in total. The smallest absolute Gasteiger partial charge is 0.348 e. The Labute approximate surface area is 171 Å². The van der Waals surface area contributed by atoms with Crippen LogP contribution in [0.25, 0.3) is 10.2 Å². The summed E-state index contributed by atoms with van der Waals surface area (Å²) in [5, 5.41) is 6.39. The van der Waals surface area contributed by atoms with Gasteiger partial charge in [0.1, 0.15) is 15.5 Å². The van der Waals surface area contributed by atoms with Crippen LogP contribution in [0.1, 0.15) is 47.9 Å². The summed E-state index contributed by atoms with van der Waals surface area (Å²) in [6.45, 7) is 7.02. The van der Waals surface area contributed by atoms with Gasteiger partial charge in [-0.2, -0.15) is 0 Å². The van der Waals surface area contributed by atoms with Crippen molar-refractivity contribution in [3.8, 4) is 0 Å². The first-order valence-corrected chi connectivity index (χ1v) is 9.96. The average Bonchev–Trinajstić information content (AvgIpc) is 2.99. The molecule has 152 valence electrons. The van der Waals surface area contributed by atoms with E-state index < -0.39 is 5.97 Å². The van der Waals surface area contributed by atoms with Crippen molar-refractivity contribution in [3.05, 3.63) is 50.9 Å². The Morgan fingerprint density at radius 3 is 2.72 bits per heavy atom. The summed E-state index contributed by atoms with van der Waals surface area (Å²) in [5.41, 5.74) is 1.71. The fraction of sp³-hybridized carbons (Fsp3) is 0.300. The number of aromatic nitrogens is 2. The van der Waals surface area contributed by atoms with Gasteiger partial charge in [0.15, 0.2) is 0 Å². The summed E-state index contributed by atoms with van der Waals surface area (Å²) in [4.78, 5) is 44.2. The fourth-order valence-electron chi connectivity index (χ4n) is 2.97. The van der Waals surface area contributed by atoms with Crippen LogP contribution in [0.2, 0.25) is 0 Å². The summed E-state index contributed by atoms with van der Waals surface area (Å²) >= 11 is 1.15. The van der Waals surface area contributed by atoms with E-state index in [0.29, 0.717) is 32.2 Å². The molecule has 0 aliphatic heterocycles. The van der Waals surface area contributed by atoms with Crippen LogP contribution in [-0.2, 0) is 9.53 Å². The molecule has 29 heavy (non-hydrogen) atoms. The van der Waals surface area contributed by atoms with E-state index in [1.54, 1.807) is 26.0 Å². The molecule has 1 atom stereocenters. The zero-order valence-electron chi connectivity index (χ0n) is 16.6. The van der Waals surface area contributed by atoms with Gasteiger partial charge in [0.2, 0.25) is 5.91 Å². The molecular weight excluding hydrogens is 392 g/mol. The number of benzene rings is 1. The van der Waals surface area contributed by atoms with E-state index in [-0.39, 0.29) is 24.1 Å². The Kier molecular flexibility index (Phi) is 5.97. The van der Waals surface area contributed by atoms with Gasteiger partial charge in [-0.15, -0.1) is 11.3 Å². The Hall–Kier alpha value is -3.20. The molecule has 0 radical (unpaired) electrons. The van der Waals surface area contributed by atoms with Crippen molar-refractivity contribution in [3.63, 3.8) is 0 Å². The van der Waals surface area contributed by atoms with Gasteiger partial charge in [0.05, 0.1) is 18.0 Å². The summed E-state index contributed by atoms with van der Waals surface area (Å²) in [6.07, 6.45) is 0. The van der Waals surface area contributed by atoms with Crippen molar-refractivity contribution in [2.45, 2.75) is 33.7 Å². The van der Waals surface area contributed by atoms with Crippen LogP contribution in [0.4, 0.5) is 11.4 Å². The molecule has 1 amide bonds. The number of nitrogens with zero attached hydrogens (tertiary/aromatic N) is 1. The molecule has 0 aliphatic carbocycles. The lowest BCUT2D eigenvalue weighted by Crippen LogP contribution is -2.17. The molecule has 2 heterocycles. The normalized spacial score (nSPS) is 11.9. The highest BCUT2D eigenvalue weighted by Gasteiger charge is 2.21. The number of aryl methyl sites for hydroxylation is 1. The van der Waals surface area contributed by atoms with E-state index in [9.17, 15) is 14.4 Å². The lowest BCUT2D eigenvalue weighted by atomic mass is 10.2. The zero-order valence-corrected chi connectivity index (χ0v) is 17.4. The number of amides is 1. The van der Waals surface area contributed by atoms with Crippen molar-refractivity contribution < 1.29 is 14.3 Å². The number of hydrogen-bond donors (Lipinski definition) is 3. The standard InChI is InChI=1S/C20H22N4O4S/c1-5-28-20(27)16-10(2)15-18(26)23-17(24-19(15)29-16)11(3)21-13-7-6-8-14(9-13)22-12(4)25/h6-9,11,21H,5H2,1-4H3,(H,22,25)(H,23,24,26)/t11-/m1/s1. The molecule has 0 aliphatic rings. The monoisotopic (exact) mass is 414 g/mol. The van der Waals surface area contributed by atoms with Gasteiger partial charge in [-0.25, -0.2) is 9.78 Å². The highest BCUT2D eigenvalue weighted by Crippen LogP contribution is 2.29. The molecule has 0 spiro atoms. The first-order chi connectivity index (χ1) is 13.8. The number of hydrogen-bond acceptors (Lipinski definition) is 7. The maximum Gasteiger partial charge on any atom is 0.348 e. The SMILES string of the molecule is CCOC(=O)c1sc2nc([C@@H](C)Nc3cccc(NC(C)=O)c3)[nH]c(=O)c2c1C. The van der Waals surface area contributed by atoms with Gasteiger partial charge >= 0.3 is 5.97 Å². The summed E-state index contributed by atoms with van der Waals surface area (Å²) < 4.78 is 5.06. The minimum Gasteiger partial charge on any atom is -0.462 e. The van der Waals surface area contributed by atoms with Crippen molar-refractivity contribution >= 4 is 44.8 Å². The number of esters is 1. The third-order valence-electron chi connectivity index (χ3n) is 4.26. The Morgan fingerprint density at radius 1 is 1.31 bits per heavy atom. The Morgan fingerprint density at radius 2 is 2.03 bits per heavy atom. The van der Waals surface area contributed by atoms with Crippen molar-refractivity contribution in [1.82, 2.24) is 9.97 Å². The first kappa shape index (κ1) is 20.5. The Bertz CT molecular complexity index is 1140. The molecule has 0 fully saturated rings. The van der Waals surface area contributed by atoms with E-state index in [2.05, 4.69) is 20.6 Å². The van der Waals surface area contributed by atoms with Crippen LogP contribution >= 0.6 is 11.3 Å². The highest BCUT2D eigenvalue weighted by atomic mass is 32.1. The topological polar surface area (TPSA) is 113 Å². The molecule has 2 aromatic heterocycles. The molecule has 0 saturated carbocycles. The van der Waals surface area contributed by atoms with E-state index in [0.717, 1.165) is 17.0 Å². The van der Waals surface area contributed by atoms with Crippen LogP contribution in [0.15, 0.2) is 29.1 Å². The first-order valence-electron chi connectivity index (χ1n) is 9.14. The quantitative estimate of drug-likeness (QED) is 0.531. The molecule has 1 aromatic carbocycles. The molecule has 9 heteroatoms. The maximum atomic E-state index is 12.6. The number of fused-ring (bicyclic) bond motifs is 1. The number of H-pyrrole nitrogens is 1. The third-order valence-corrected chi connectivity index (χ3v) is 5.42. The average molecular weight is 414 g/mol. The van der Waals surface area contributed by atoms with Gasteiger partial charge in [-0.05, 0) is 44.5 Å². The number of carbonyl (C=O) groups excluding carboxylic acids is 2. The predicted octanol–water partition coefficient (Wildman–Crippen LogP) is 3.60. The number of nitrogens with one attached hydrogen (secondary N) is 3. The lowest BCUT2D eigenvalue weighted by Gasteiger charge is -2.15. The van der Waals surface area contributed by atoms with Gasteiger partial charge in [-0.1, -0.05) is 6.07 Å². The molecule has 0 unspecified atom stereocenters. The maximum absolute atomic E-state index is 12.6. The number of carbonyl (C=O) groups is 2. The zero-order chi connectivity index (χ0) is 21.1.